The normalized spacial score (nSPS) is 13.6. The van der Waals surface area contributed by atoms with Crippen LogP contribution in [0.2, 0.25) is 0 Å². The van der Waals surface area contributed by atoms with Crippen LogP contribution in [0.25, 0.3) is 72.7 Å². The zero-order valence-electron chi connectivity index (χ0n) is 43.2. The molecule has 0 saturated heterocycles. The second kappa shape index (κ2) is 17.9. The number of pyridine rings is 1. The number of rotatable bonds is 9. The number of para-hydroxylation sites is 1. The van der Waals surface area contributed by atoms with Crippen molar-refractivity contribution in [2.45, 2.75) is 106 Å². The topological polar surface area (TPSA) is 50.9 Å². The Bertz CT molecular complexity index is 3180. The number of hydrogen-bond acceptors (Lipinski definition) is 3. The Labute approximate surface area is 396 Å². The summed E-state index contributed by atoms with van der Waals surface area (Å²) in [5.41, 5.74) is 14.4. The molecule has 2 aromatic heterocycles. The zero-order valence-corrected chi connectivity index (χ0v) is 40.5. The Morgan fingerprint density at radius 1 is 0.667 bits per heavy atom. The standard InChI is InChI=1S/C58H60N3O.Pt/c1-34(2)40-16-18-41(19-17-40)43-22-23-59-52(33-43)48-30-47(31-49(32-48)58(10,11)12)50-14-13-15-54-55(50)60-57(51-25-37(7)24-39(9)56(51)62)61(54)53-21-20-42(26-38(53)8)46-28-44(35(3)4)27-45(29-46)36(5)6;/h13-29,31-36,62H,1-12H3;/q-1;/i8D3,34D,35D;. The van der Waals surface area contributed by atoms with Crippen LogP contribution in [-0.4, -0.2) is 19.6 Å². The van der Waals surface area contributed by atoms with Crippen molar-refractivity contribution in [2.75, 3.05) is 0 Å². The number of aryl methyl sites for hydroxylation is 3. The van der Waals surface area contributed by atoms with E-state index in [2.05, 4.69) is 83.1 Å². The van der Waals surface area contributed by atoms with Gasteiger partial charge in [-0.05, 0) is 130 Å². The first-order valence-corrected chi connectivity index (χ1v) is 21.6. The van der Waals surface area contributed by atoms with E-state index in [1.165, 1.54) is 0 Å². The molecule has 0 spiro atoms. The Hall–Kier alpha value is -5.57. The molecule has 5 heteroatoms. The summed E-state index contributed by atoms with van der Waals surface area (Å²) in [6, 6.07) is 41.7. The molecule has 0 atom stereocenters. The molecule has 0 unspecified atom stereocenters. The van der Waals surface area contributed by atoms with Gasteiger partial charge in [0, 0.05) is 39.8 Å². The van der Waals surface area contributed by atoms with Crippen molar-refractivity contribution in [1.29, 1.82) is 0 Å². The first-order chi connectivity index (χ1) is 31.3. The third-order valence-electron chi connectivity index (χ3n) is 12.0. The van der Waals surface area contributed by atoms with E-state index in [9.17, 15) is 5.11 Å². The molecule has 2 heterocycles. The largest absolute Gasteiger partial charge is 0.507 e. The van der Waals surface area contributed by atoms with Gasteiger partial charge in [0.05, 0.1) is 22.3 Å². The Morgan fingerprint density at radius 3 is 2.03 bits per heavy atom. The summed E-state index contributed by atoms with van der Waals surface area (Å²) in [7, 11) is 0. The maximum atomic E-state index is 11.8. The molecule has 0 saturated carbocycles. The average Bonchev–Trinajstić information content (AvgIpc) is 3.65. The molecular formula is C58H60N3OPt-. The van der Waals surface area contributed by atoms with Crippen LogP contribution in [0.4, 0.5) is 0 Å². The van der Waals surface area contributed by atoms with Crippen molar-refractivity contribution in [2.24, 2.45) is 0 Å². The van der Waals surface area contributed by atoms with E-state index < -0.39 is 18.6 Å². The molecule has 0 amide bonds. The molecule has 324 valence electrons. The molecule has 0 aliphatic carbocycles. The second-order valence-corrected chi connectivity index (χ2v) is 18.6. The fourth-order valence-electron chi connectivity index (χ4n) is 8.26. The van der Waals surface area contributed by atoms with Crippen LogP contribution in [0.1, 0.15) is 126 Å². The van der Waals surface area contributed by atoms with Crippen molar-refractivity contribution >= 4 is 11.0 Å². The third-order valence-corrected chi connectivity index (χ3v) is 12.0. The number of imidazole rings is 1. The molecule has 8 rings (SSSR count). The summed E-state index contributed by atoms with van der Waals surface area (Å²) in [4.78, 5) is 10.2. The molecular weight excluding hydrogens is 950 g/mol. The quantitative estimate of drug-likeness (QED) is 0.147. The van der Waals surface area contributed by atoms with Gasteiger partial charge in [-0.1, -0.05) is 146 Å². The van der Waals surface area contributed by atoms with Crippen LogP contribution in [0.15, 0.2) is 121 Å². The number of phenols is 1. The van der Waals surface area contributed by atoms with Gasteiger partial charge in [-0.15, -0.1) is 29.3 Å². The first-order valence-electron chi connectivity index (χ1n) is 24.1. The molecule has 0 fully saturated rings. The molecule has 1 N–H and O–H groups in total. The maximum Gasteiger partial charge on any atom is 0.148 e. The Kier molecular flexibility index (Phi) is 11.1. The maximum absolute atomic E-state index is 11.8. The van der Waals surface area contributed by atoms with Gasteiger partial charge in [-0.25, -0.2) is 4.98 Å². The number of benzene rings is 6. The summed E-state index contributed by atoms with van der Waals surface area (Å²) in [6.07, 6.45) is 1.82. The van der Waals surface area contributed by atoms with Crippen molar-refractivity contribution in [1.82, 2.24) is 14.5 Å². The number of aromatic hydroxyl groups is 1. The summed E-state index contributed by atoms with van der Waals surface area (Å²) >= 11 is 0. The van der Waals surface area contributed by atoms with E-state index >= 15 is 0 Å². The van der Waals surface area contributed by atoms with E-state index in [4.69, 9.17) is 16.8 Å². The number of phenolic OH excluding ortho intramolecular Hbond substituents is 1. The molecule has 0 radical (unpaired) electrons. The summed E-state index contributed by atoms with van der Waals surface area (Å²) in [5, 5.41) is 11.8. The third kappa shape index (κ3) is 9.11. The van der Waals surface area contributed by atoms with Crippen LogP contribution in [0, 0.1) is 26.8 Å². The predicted octanol–water partition coefficient (Wildman–Crippen LogP) is 15.9. The fraction of sp³-hybridized carbons (Fsp3) is 0.276. The van der Waals surface area contributed by atoms with Crippen molar-refractivity contribution in [3.63, 3.8) is 0 Å². The van der Waals surface area contributed by atoms with Gasteiger partial charge in [0.15, 0.2) is 0 Å². The SMILES string of the molecule is [2H]C([2H])([2H])c1cc(-c2cc(C(C)C)cc(C([2H])(C)C)c2)ccc1-n1c(-c2cc(C)cc(C)c2O)nc2c(-c3[c-]c(-c4cc(-c5ccc(C([2H])(C)C)cc5)ccn4)cc(C(C)(C)C)c3)cccc21.[Pt]. The van der Waals surface area contributed by atoms with E-state index in [0.717, 1.165) is 72.5 Å². The van der Waals surface area contributed by atoms with Gasteiger partial charge in [-0.2, -0.15) is 0 Å². The van der Waals surface area contributed by atoms with Gasteiger partial charge in [0.25, 0.3) is 0 Å². The van der Waals surface area contributed by atoms with Crippen molar-refractivity contribution in [3.8, 4) is 67.5 Å². The summed E-state index contributed by atoms with van der Waals surface area (Å²) in [5.74, 6) is -0.882. The minimum absolute atomic E-state index is 0. The summed E-state index contributed by atoms with van der Waals surface area (Å²) in [6.45, 7) is 19.6. The van der Waals surface area contributed by atoms with E-state index in [0.29, 0.717) is 33.7 Å². The van der Waals surface area contributed by atoms with Gasteiger partial charge in [0.2, 0.25) is 0 Å². The number of nitrogens with zero attached hydrogens (tertiary/aromatic N) is 3. The molecule has 0 aliphatic rings. The molecule has 0 aliphatic heterocycles. The minimum atomic E-state index is -2.54. The average molecular weight is 1020 g/mol. The predicted molar refractivity (Wildman–Crippen MR) is 262 cm³/mol. The van der Waals surface area contributed by atoms with Gasteiger partial charge < -0.3 is 5.11 Å². The number of aromatic nitrogens is 3. The monoisotopic (exact) mass is 1010 g/mol. The molecule has 6 aromatic carbocycles. The van der Waals surface area contributed by atoms with Crippen LogP contribution in [-0.2, 0) is 26.5 Å². The summed E-state index contributed by atoms with van der Waals surface area (Å²) < 4.78 is 46.2. The smallest absolute Gasteiger partial charge is 0.148 e. The van der Waals surface area contributed by atoms with Gasteiger partial charge in [-0.3, -0.25) is 9.55 Å². The second-order valence-electron chi connectivity index (χ2n) is 18.6. The Morgan fingerprint density at radius 2 is 1.35 bits per heavy atom. The van der Waals surface area contributed by atoms with Crippen LogP contribution >= 0.6 is 0 Å². The van der Waals surface area contributed by atoms with Crippen LogP contribution in [0.3, 0.4) is 0 Å². The number of fused-ring (bicyclic) bond motifs is 1. The minimum Gasteiger partial charge on any atom is -0.507 e. The molecule has 8 aromatic rings. The van der Waals surface area contributed by atoms with Gasteiger partial charge >= 0.3 is 0 Å². The zero-order chi connectivity index (χ0) is 48.5. The van der Waals surface area contributed by atoms with Crippen molar-refractivity contribution < 1.29 is 33.0 Å². The fourth-order valence-corrected chi connectivity index (χ4v) is 8.26. The van der Waals surface area contributed by atoms with Crippen molar-refractivity contribution in [3.05, 3.63) is 166 Å². The van der Waals surface area contributed by atoms with E-state index in [1.54, 1.807) is 6.07 Å². The molecule has 0 bridgehead atoms. The van der Waals surface area contributed by atoms with E-state index in [1.807, 2.05) is 119 Å². The Balaban J connectivity index is 0.00000684. The first kappa shape index (κ1) is 39.1. The van der Waals surface area contributed by atoms with Crippen LogP contribution < -0.4 is 0 Å². The van der Waals surface area contributed by atoms with Crippen LogP contribution in [0.5, 0.6) is 5.75 Å². The van der Waals surface area contributed by atoms with Gasteiger partial charge in [0.1, 0.15) is 11.6 Å². The van der Waals surface area contributed by atoms with E-state index in [-0.39, 0.29) is 43.7 Å². The molecule has 4 nitrogen and oxygen atoms in total. The molecule has 63 heavy (non-hydrogen) atoms. The number of hydrogen-bond donors (Lipinski definition) is 1.